The average Bonchev–Trinajstić information content (AvgIpc) is 2.35. The van der Waals surface area contributed by atoms with Crippen molar-refractivity contribution in [3.8, 4) is 0 Å². The topological polar surface area (TPSA) is 43.4 Å². The third-order valence-corrected chi connectivity index (χ3v) is 3.48. The van der Waals surface area contributed by atoms with Gasteiger partial charge in [0.15, 0.2) is 5.78 Å². The van der Waals surface area contributed by atoms with Crippen molar-refractivity contribution in [1.29, 1.82) is 0 Å². The van der Waals surface area contributed by atoms with Gasteiger partial charge in [-0.1, -0.05) is 26.0 Å². The highest BCUT2D eigenvalue weighted by molar-refractivity contribution is 8.00. The maximum Gasteiger partial charge on any atom is 0.316 e. The smallest absolute Gasteiger partial charge is 0.316 e. The lowest BCUT2D eigenvalue weighted by Gasteiger charge is -2.08. The van der Waals surface area contributed by atoms with E-state index in [0.717, 1.165) is 10.5 Å². The summed E-state index contributed by atoms with van der Waals surface area (Å²) in [6, 6.07) is 7.39. The first-order valence-electron chi connectivity index (χ1n) is 6.84. The van der Waals surface area contributed by atoms with Crippen LogP contribution in [0, 0.1) is 5.92 Å². The Kier molecular flexibility index (Phi) is 6.79. The molecule has 0 saturated heterocycles. The zero-order chi connectivity index (χ0) is 15.1. The van der Waals surface area contributed by atoms with Crippen molar-refractivity contribution < 1.29 is 14.3 Å². The molecule has 0 spiro atoms. The summed E-state index contributed by atoms with van der Waals surface area (Å²) in [4.78, 5) is 24.3. The van der Waals surface area contributed by atoms with Crippen LogP contribution in [-0.2, 0) is 9.53 Å². The molecule has 0 aromatic heterocycles. The molecule has 110 valence electrons. The second-order valence-corrected chi connectivity index (χ2v) is 6.42. The molecule has 1 aromatic rings. The van der Waals surface area contributed by atoms with Crippen LogP contribution in [-0.4, -0.2) is 23.6 Å². The van der Waals surface area contributed by atoms with Crippen molar-refractivity contribution in [2.45, 2.75) is 45.1 Å². The quantitative estimate of drug-likeness (QED) is 0.434. The molecule has 0 unspecified atom stereocenters. The summed E-state index contributed by atoms with van der Waals surface area (Å²) in [6.45, 7) is 7.72. The Balaban J connectivity index is 2.50. The molecule has 0 aliphatic carbocycles. The van der Waals surface area contributed by atoms with E-state index in [4.69, 9.17) is 4.74 Å². The van der Waals surface area contributed by atoms with Crippen molar-refractivity contribution >= 4 is 23.5 Å². The van der Waals surface area contributed by atoms with Crippen molar-refractivity contribution in [3.05, 3.63) is 29.8 Å². The van der Waals surface area contributed by atoms with E-state index < -0.39 is 0 Å². The zero-order valence-corrected chi connectivity index (χ0v) is 13.3. The van der Waals surface area contributed by atoms with Crippen LogP contribution >= 0.6 is 11.8 Å². The molecule has 0 saturated carbocycles. The fraction of sp³-hybridized carbons (Fsp3) is 0.500. The molecule has 0 aliphatic rings. The maximum absolute atomic E-state index is 11.9. The summed E-state index contributed by atoms with van der Waals surface area (Å²) >= 11 is 1.42. The molecule has 4 heteroatoms. The van der Waals surface area contributed by atoms with Crippen molar-refractivity contribution in [2.24, 2.45) is 5.92 Å². The van der Waals surface area contributed by atoms with Gasteiger partial charge in [-0.05, 0) is 31.9 Å². The van der Waals surface area contributed by atoms with E-state index in [-0.39, 0.29) is 23.6 Å². The predicted octanol–water partition coefficient (Wildman–Crippen LogP) is 3.96. The lowest BCUT2D eigenvalue weighted by molar-refractivity contribution is -0.144. The summed E-state index contributed by atoms with van der Waals surface area (Å²) in [7, 11) is 0. The minimum atomic E-state index is -0.218. The van der Waals surface area contributed by atoms with E-state index in [1.54, 1.807) is 0 Å². The highest BCUT2D eigenvalue weighted by atomic mass is 32.2. The molecule has 0 heterocycles. The maximum atomic E-state index is 11.9. The number of hydrogen-bond donors (Lipinski definition) is 0. The molecule has 0 N–H and O–H groups in total. The third-order valence-electron chi connectivity index (χ3n) is 2.49. The molecule has 20 heavy (non-hydrogen) atoms. The largest absolute Gasteiger partial charge is 0.462 e. The van der Waals surface area contributed by atoms with E-state index >= 15 is 0 Å². The number of thioether (sulfide) groups is 1. The van der Waals surface area contributed by atoms with Crippen LogP contribution < -0.4 is 0 Å². The van der Waals surface area contributed by atoms with Gasteiger partial charge in [-0.15, -0.1) is 11.8 Å². The lowest BCUT2D eigenvalue weighted by Crippen LogP contribution is -2.13. The number of ether oxygens (including phenoxy) is 1. The standard InChI is InChI=1S/C16H22O3S/c1-11(2)9-15(17)13-5-7-14(8-6-13)20-10-16(18)19-12(3)4/h5-8,11-12H,9-10H2,1-4H3. The van der Waals surface area contributed by atoms with Gasteiger partial charge >= 0.3 is 5.97 Å². The Morgan fingerprint density at radius 3 is 2.20 bits per heavy atom. The highest BCUT2D eigenvalue weighted by Gasteiger charge is 2.09. The molecule has 3 nitrogen and oxygen atoms in total. The molecule has 0 atom stereocenters. The summed E-state index contributed by atoms with van der Waals surface area (Å²) < 4.78 is 5.06. The van der Waals surface area contributed by atoms with Crippen LogP contribution in [0.15, 0.2) is 29.2 Å². The molecule has 0 aliphatic heterocycles. The van der Waals surface area contributed by atoms with Gasteiger partial charge in [-0.2, -0.15) is 0 Å². The van der Waals surface area contributed by atoms with E-state index in [1.165, 1.54) is 11.8 Å². The van der Waals surface area contributed by atoms with E-state index in [1.807, 2.05) is 52.0 Å². The van der Waals surface area contributed by atoms with Crippen LogP contribution in [0.3, 0.4) is 0 Å². The van der Waals surface area contributed by atoms with Crippen LogP contribution in [0.1, 0.15) is 44.5 Å². The van der Waals surface area contributed by atoms with Gasteiger partial charge in [0.2, 0.25) is 0 Å². The Hall–Kier alpha value is -1.29. The summed E-state index contributed by atoms with van der Waals surface area (Å²) in [5.74, 6) is 0.598. The number of Topliss-reactive ketones (excluding diaryl/α,β-unsaturated/α-hetero) is 1. The summed E-state index contributed by atoms with van der Waals surface area (Å²) in [5.41, 5.74) is 0.729. The Morgan fingerprint density at radius 2 is 1.70 bits per heavy atom. The first-order chi connectivity index (χ1) is 9.38. The molecule has 0 radical (unpaired) electrons. The minimum Gasteiger partial charge on any atom is -0.462 e. The second-order valence-electron chi connectivity index (χ2n) is 5.37. The first-order valence-corrected chi connectivity index (χ1v) is 7.82. The van der Waals surface area contributed by atoms with Gasteiger partial charge in [0.25, 0.3) is 0 Å². The van der Waals surface area contributed by atoms with Gasteiger partial charge in [0.05, 0.1) is 11.9 Å². The monoisotopic (exact) mass is 294 g/mol. The Labute approximate surface area is 125 Å². The predicted molar refractivity (Wildman–Crippen MR) is 82.2 cm³/mol. The average molecular weight is 294 g/mol. The van der Waals surface area contributed by atoms with Crippen molar-refractivity contribution in [3.63, 3.8) is 0 Å². The number of ketones is 1. The van der Waals surface area contributed by atoms with Crippen LogP contribution in [0.5, 0.6) is 0 Å². The molecule has 0 bridgehead atoms. The number of benzene rings is 1. The minimum absolute atomic E-state index is 0.0841. The molecule has 0 amide bonds. The Bertz CT molecular complexity index is 449. The third kappa shape index (κ3) is 6.24. The number of hydrogen-bond acceptors (Lipinski definition) is 4. The zero-order valence-electron chi connectivity index (χ0n) is 12.5. The Morgan fingerprint density at radius 1 is 1.10 bits per heavy atom. The van der Waals surface area contributed by atoms with Gasteiger partial charge in [-0.25, -0.2) is 0 Å². The van der Waals surface area contributed by atoms with E-state index in [9.17, 15) is 9.59 Å². The van der Waals surface area contributed by atoms with Crippen LogP contribution in [0.2, 0.25) is 0 Å². The van der Waals surface area contributed by atoms with Crippen LogP contribution in [0.4, 0.5) is 0 Å². The molecule has 0 fully saturated rings. The van der Waals surface area contributed by atoms with Crippen molar-refractivity contribution in [1.82, 2.24) is 0 Å². The van der Waals surface area contributed by atoms with Gasteiger partial charge in [0.1, 0.15) is 0 Å². The van der Waals surface area contributed by atoms with Crippen LogP contribution in [0.25, 0.3) is 0 Å². The molecule has 1 rings (SSSR count). The fourth-order valence-electron chi connectivity index (χ4n) is 1.66. The van der Waals surface area contributed by atoms with Gasteiger partial charge in [0, 0.05) is 16.9 Å². The van der Waals surface area contributed by atoms with Crippen molar-refractivity contribution in [2.75, 3.05) is 5.75 Å². The number of esters is 1. The van der Waals surface area contributed by atoms with E-state index in [2.05, 4.69) is 0 Å². The molecular formula is C16H22O3S. The second kappa shape index (κ2) is 8.10. The fourth-order valence-corrected chi connectivity index (χ4v) is 2.35. The summed E-state index contributed by atoms with van der Waals surface area (Å²) in [5, 5.41) is 0. The lowest BCUT2D eigenvalue weighted by atomic mass is 10.0. The SMILES string of the molecule is CC(C)CC(=O)c1ccc(SCC(=O)OC(C)C)cc1. The van der Waals surface area contributed by atoms with E-state index in [0.29, 0.717) is 12.3 Å². The summed E-state index contributed by atoms with van der Waals surface area (Å²) in [6.07, 6.45) is 0.479. The number of carbonyl (C=O) groups excluding carboxylic acids is 2. The van der Waals surface area contributed by atoms with Gasteiger partial charge in [-0.3, -0.25) is 9.59 Å². The first kappa shape index (κ1) is 16.8. The normalized spacial score (nSPS) is 10.9. The number of carbonyl (C=O) groups is 2. The molecule has 1 aromatic carbocycles. The highest BCUT2D eigenvalue weighted by Crippen LogP contribution is 2.20. The molecular weight excluding hydrogens is 272 g/mol. The number of rotatable bonds is 7. The van der Waals surface area contributed by atoms with Gasteiger partial charge < -0.3 is 4.74 Å².